The van der Waals surface area contributed by atoms with Gasteiger partial charge in [0.1, 0.15) is 5.75 Å². The number of hydrogen-bond acceptors (Lipinski definition) is 2. The molecule has 1 unspecified atom stereocenters. The first-order valence-electron chi connectivity index (χ1n) is 5.60. The lowest BCUT2D eigenvalue weighted by Gasteiger charge is -2.15. The van der Waals surface area contributed by atoms with E-state index in [1.807, 2.05) is 0 Å². The summed E-state index contributed by atoms with van der Waals surface area (Å²) in [5.74, 6) is -0.631. The molecule has 1 heterocycles. The van der Waals surface area contributed by atoms with Gasteiger partial charge in [-0.2, -0.15) is 13.2 Å². The van der Waals surface area contributed by atoms with Gasteiger partial charge in [-0.05, 0) is 37.4 Å². The summed E-state index contributed by atoms with van der Waals surface area (Å²) in [5.41, 5.74) is -0.591. The number of rotatable bonds is 2. The van der Waals surface area contributed by atoms with Crippen molar-refractivity contribution in [1.29, 1.82) is 0 Å². The van der Waals surface area contributed by atoms with Gasteiger partial charge in [0, 0.05) is 6.04 Å². The van der Waals surface area contributed by atoms with E-state index in [1.165, 1.54) is 6.07 Å². The molecule has 2 nitrogen and oxygen atoms in total. The number of hydrogen-bond donors (Lipinski definition) is 2. The average Bonchev–Trinajstić information content (AvgIpc) is 2.72. The second-order valence-corrected chi connectivity index (χ2v) is 4.31. The van der Waals surface area contributed by atoms with Gasteiger partial charge in [-0.15, -0.1) is 0 Å². The molecule has 0 aliphatic carbocycles. The van der Waals surface area contributed by atoms with Gasteiger partial charge in [0.05, 0.1) is 5.56 Å². The highest BCUT2D eigenvalue weighted by molar-refractivity contribution is 5.42. The third-order valence-corrected chi connectivity index (χ3v) is 3.05. The highest BCUT2D eigenvalue weighted by atomic mass is 19.4. The Morgan fingerprint density at radius 3 is 2.71 bits per heavy atom. The van der Waals surface area contributed by atoms with Gasteiger partial charge in [-0.25, -0.2) is 0 Å². The Bertz CT molecular complexity index is 397. The molecule has 1 atom stereocenters. The summed E-state index contributed by atoms with van der Waals surface area (Å²) in [6.07, 6.45) is -2.08. The molecule has 2 N–H and O–H groups in total. The molecule has 1 fully saturated rings. The van der Waals surface area contributed by atoms with Crippen LogP contribution in [0.15, 0.2) is 18.2 Å². The second-order valence-electron chi connectivity index (χ2n) is 4.31. The van der Waals surface area contributed by atoms with Crippen molar-refractivity contribution in [3.63, 3.8) is 0 Å². The first-order valence-corrected chi connectivity index (χ1v) is 5.60. The molecule has 1 saturated heterocycles. The van der Waals surface area contributed by atoms with Crippen LogP contribution in [0.5, 0.6) is 5.75 Å². The zero-order valence-electron chi connectivity index (χ0n) is 9.22. The quantitative estimate of drug-likeness (QED) is 0.839. The molecule has 0 spiro atoms. The molecule has 2 rings (SSSR count). The molecule has 0 bridgehead atoms. The Hall–Kier alpha value is -1.23. The van der Waals surface area contributed by atoms with Crippen LogP contribution in [0.1, 0.15) is 24.0 Å². The van der Waals surface area contributed by atoms with E-state index in [-0.39, 0.29) is 6.04 Å². The van der Waals surface area contributed by atoms with Crippen molar-refractivity contribution < 1.29 is 18.3 Å². The number of aromatic hydroxyl groups is 1. The largest absolute Gasteiger partial charge is 0.507 e. The fourth-order valence-corrected chi connectivity index (χ4v) is 2.18. The number of nitrogens with one attached hydrogen (secondary N) is 1. The minimum atomic E-state index is -4.50. The smallest absolute Gasteiger partial charge is 0.419 e. The van der Waals surface area contributed by atoms with Crippen molar-refractivity contribution in [2.75, 3.05) is 6.54 Å². The predicted octanol–water partition coefficient (Wildman–Crippen LogP) is 2.71. The summed E-state index contributed by atoms with van der Waals surface area (Å²) in [6, 6.07) is 3.96. The Morgan fingerprint density at radius 2 is 2.12 bits per heavy atom. The summed E-state index contributed by atoms with van der Waals surface area (Å²) in [5, 5.41) is 12.8. The molecule has 17 heavy (non-hydrogen) atoms. The minimum absolute atomic E-state index is 0.171. The van der Waals surface area contributed by atoms with Crippen LogP contribution in [0.3, 0.4) is 0 Å². The maximum atomic E-state index is 12.6. The molecule has 5 heteroatoms. The SMILES string of the molecule is Oc1c(CC2CCCN2)cccc1C(F)(F)F. The zero-order valence-corrected chi connectivity index (χ0v) is 9.22. The van der Waals surface area contributed by atoms with E-state index >= 15 is 0 Å². The van der Waals surface area contributed by atoms with Gasteiger partial charge >= 0.3 is 6.18 Å². The molecule has 1 aromatic rings. The van der Waals surface area contributed by atoms with E-state index in [2.05, 4.69) is 5.32 Å². The Morgan fingerprint density at radius 1 is 1.35 bits per heavy atom. The van der Waals surface area contributed by atoms with E-state index in [1.54, 1.807) is 6.07 Å². The van der Waals surface area contributed by atoms with Gasteiger partial charge in [0.25, 0.3) is 0 Å². The number of benzene rings is 1. The fourth-order valence-electron chi connectivity index (χ4n) is 2.18. The highest BCUT2D eigenvalue weighted by Gasteiger charge is 2.34. The second kappa shape index (κ2) is 4.56. The summed E-state index contributed by atoms with van der Waals surface area (Å²) >= 11 is 0. The van der Waals surface area contributed by atoms with Gasteiger partial charge < -0.3 is 10.4 Å². The van der Waals surface area contributed by atoms with Crippen LogP contribution >= 0.6 is 0 Å². The molecule has 1 aromatic carbocycles. The van der Waals surface area contributed by atoms with E-state index in [4.69, 9.17) is 0 Å². The molecule has 1 aliphatic rings. The highest BCUT2D eigenvalue weighted by Crippen LogP contribution is 2.37. The van der Waals surface area contributed by atoms with Crippen molar-refractivity contribution in [1.82, 2.24) is 5.32 Å². The molecule has 94 valence electrons. The van der Waals surface area contributed by atoms with Crippen LogP contribution in [0, 0.1) is 0 Å². The van der Waals surface area contributed by atoms with Gasteiger partial charge in [-0.3, -0.25) is 0 Å². The van der Waals surface area contributed by atoms with Crippen molar-refractivity contribution in [2.24, 2.45) is 0 Å². The molecule has 0 saturated carbocycles. The Labute approximate surface area is 97.5 Å². The number of phenols is 1. The minimum Gasteiger partial charge on any atom is -0.507 e. The lowest BCUT2D eigenvalue weighted by Crippen LogP contribution is -2.23. The lowest BCUT2D eigenvalue weighted by atomic mass is 10.0. The lowest BCUT2D eigenvalue weighted by molar-refractivity contribution is -0.138. The maximum Gasteiger partial charge on any atom is 0.419 e. The number of phenolic OH excluding ortho intramolecular Hbond substituents is 1. The first kappa shape index (κ1) is 12.2. The van der Waals surface area contributed by atoms with Crippen molar-refractivity contribution in [3.05, 3.63) is 29.3 Å². The van der Waals surface area contributed by atoms with Crippen LogP contribution in [0.25, 0.3) is 0 Å². The van der Waals surface area contributed by atoms with Crippen molar-refractivity contribution in [2.45, 2.75) is 31.5 Å². The molecule has 0 amide bonds. The van der Waals surface area contributed by atoms with E-state index in [9.17, 15) is 18.3 Å². The maximum absolute atomic E-state index is 12.6. The van der Waals surface area contributed by atoms with E-state index in [0.717, 1.165) is 25.5 Å². The predicted molar refractivity (Wildman–Crippen MR) is 57.8 cm³/mol. The van der Waals surface area contributed by atoms with Gasteiger partial charge in [-0.1, -0.05) is 12.1 Å². The first-order chi connectivity index (χ1) is 7.98. The normalized spacial score (nSPS) is 20.8. The van der Waals surface area contributed by atoms with Crippen LogP contribution in [-0.4, -0.2) is 17.7 Å². The molecular formula is C12H14F3NO. The van der Waals surface area contributed by atoms with Crippen molar-refractivity contribution in [3.8, 4) is 5.75 Å². The third-order valence-electron chi connectivity index (χ3n) is 3.05. The standard InChI is InChI=1S/C12H14F3NO/c13-12(14,15)10-5-1-3-8(11(10)17)7-9-4-2-6-16-9/h1,3,5,9,16-17H,2,4,6-7H2. The van der Waals surface area contributed by atoms with Crippen molar-refractivity contribution >= 4 is 0 Å². The molecular weight excluding hydrogens is 231 g/mol. The molecule has 0 aromatic heterocycles. The van der Waals surface area contributed by atoms with Gasteiger partial charge in [0.2, 0.25) is 0 Å². The summed E-state index contributed by atoms with van der Waals surface area (Å²) in [6.45, 7) is 0.893. The van der Waals surface area contributed by atoms with E-state index < -0.39 is 17.5 Å². The fraction of sp³-hybridized carbons (Fsp3) is 0.500. The molecule has 1 aliphatic heterocycles. The van der Waals surface area contributed by atoms with Gasteiger partial charge in [0.15, 0.2) is 0 Å². The zero-order chi connectivity index (χ0) is 12.5. The van der Waals surface area contributed by atoms with Crippen LogP contribution in [0.2, 0.25) is 0 Å². The average molecular weight is 245 g/mol. The van der Waals surface area contributed by atoms with Crippen LogP contribution < -0.4 is 5.32 Å². The summed E-state index contributed by atoms with van der Waals surface area (Å²) in [7, 11) is 0. The molecule has 0 radical (unpaired) electrons. The summed E-state index contributed by atoms with van der Waals surface area (Å²) < 4.78 is 37.7. The van der Waals surface area contributed by atoms with Crippen LogP contribution in [-0.2, 0) is 12.6 Å². The monoisotopic (exact) mass is 245 g/mol. The Balaban J connectivity index is 2.22. The topological polar surface area (TPSA) is 32.3 Å². The number of alkyl halides is 3. The number of halogens is 3. The van der Waals surface area contributed by atoms with E-state index in [0.29, 0.717) is 12.0 Å². The van der Waals surface area contributed by atoms with Crippen LogP contribution in [0.4, 0.5) is 13.2 Å². The third kappa shape index (κ3) is 2.72. The Kier molecular flexibility index (Phi) is 3.28. The number of para-hydroxylation sites is 1. The summed E-state index contributed by atoms with van der Waals surface area (Å²) in [4.78, 5) is 0.